The molecule has 0 aliphatic carbocycles. The lowest BCUT2D eigenvalue weighted by Gasteiger charge is -2.05. The van der Waals surface area contributed by atoms with E-state index in [2.05, 4.69) is 12.2 Å². The van der Waals surface area contributed by atoms with Crippen molar-refractivity contribution in [3.8, 4) is 0 Å². The molecule has 1 amide bonds. The number of hydrogen-bond acceptors (Lipinski definition) is 4. The van der Waals surface area contributed by atoms with Crippen molar-refractivity contribution >= 4 is 22.5 Å². The van der Waals surface area contributed by atoms with Crippen molar-refractivity contribution in [1.29, 1.82) is 0 Å². The Kier molecular flexibility index (Phi) is 7.10. The Morgan fingerprint density at radius 1 is 1.33 bits per heavy atom. The third-order valence-corrected chi connectivity index (χ3v) is 3.63. The van der Waals surface area contributed by atoms with E-state index in [4.69, 9.17) is 0 Å². The molecule has 0 radical (unpaired) electrons. The summed E-state index contributed by atoms with van der Waals surface area (Å²) in [5.74, 6) is 0.145. The van der Waals surface area contributed by atoms with Crippen molar-refractivity contribution in [3.63, 3.8) is 0 Å². The van der Waals surface area contributed by atoms with Gasteiger partial charge in [0.25, 0.3) is 11.2 Å². The zero-order chi connectivity index (χ0) is 18.3. The van der Waals surface area contributed by atoms with E-state index < -0.39 is 4.92 Å². The Labute approximate surface area is 140 Å². The number of carbonyl (C=O) groups excluding carboxylic acids is 1. The minimum absolute atomic E-state index is 0.0329. The number of amides is 1. The molecule has 0 atom stereocenters. The quantitative estimate of drug-likeness (QED) is 0.687. The van der Waals surface area contributed by atoms with Gasteiger partial charge in [-0.2, -0.15) is 0 Å². The summed E-state index contributed by atoms with van der Waals surface area (Å²) in [5.41, 5.74) is 1.23. The van der Waals surface area contributed by atoms with Gasteiger partial charge in [0, 0.05) is 43.6 Å². The number of rotatable bonds is 4. The number of nitrogens with zero attached hydrogens (tertiary/aromatic N) is 2. The molecule has 7 nitrogen and oxygen atoms in total. The molecular weight excluding hydrogens is 310 g/mol. The maximum absolute atomic E-state index is 11.6. The predicted octanol–water partition coefficient (Wildman–Crippen LogP) is 2.68. The molecule has 1 aromatic carbocycles. The van der Waals surface area contributed by atoms with Gasteiger partial charge in [0.1, 0.15) is 0 Å². The lowest BCUT2D eigenvalue weighted by Crippen LogP contribution is -2.19. The second kappa shape index (κ2) is 8.81. The number of nitrogens with one attached hydrogen (secondary N) is 1. The highest BCUT2D eigenvalue weighted by Crippen LogP contribution is 2.19. The molecule has 1 heterocycles. The summed E-state index contributed by atoms with van der Waals surface area (Å²) < 4.78 is 1.49. The molecular formula is C17H23N3O4. The zero-order valence-electron chi connectivity index (χ0n) is 14.5. The summed E-state index contributed by atoms with van der Waals surface area (Å²) in [6.45, 7) is 3.77. The smallest absolute Gasteiger partial charge is 0.270 e. The van der Waals surface area contributed by atoms with Crippen LogP contribution in [0.4, 0.5) is 5.69 Å². The topological polar surface area (TPSA) is 94.2 Å². The van der Waals surface area contributed by atoms with E-state index in [1.54, 1.807) is 33.2 Å². The molecule has 0 aliphatic heterocycles. The van der Waals surface area contributed by atoms with E-state index in [0.717, 1.165) is 12.8 Å². The van der Waals surface area contributed by atoms with E-state index in [9.17, 15) is 19.7 Å². The first-order valence-corrected chi connectivity index (χ1v) is 7.77. The molecule has 1 aromatic heterocycles. The number of aromatic nitrogens is 1. The van der Waals surface area contributed by atoms with Gasteiger partial charge >= 0.3 is 0 Å². The molecule has 0 bridgehead atoms. The number of nitro benzene ring substituents is 1. The largest absolute Gasteiger partial charge is 0.359 e. The molecule has 24 heavy (non-hydrogen) atoms. The number of aryl methyl sites for hydroxylation is 2. The van der Waals surface area contributed by atoms with Crippen LogP contribution in [-0.4, -0.2) is 22.4 Å². The second-order valence-corrected chi connectivity index (χ2v) is 5.47. The number of carbonyl (C=O) groups is 1. The Balaban J connectivity index is 0.000000307. The van der Waals surface area contributed by atoms with Crippen LogP contribution in [0.25, 0.3) is 10.9 Å². The number of fused-ring (bicyclic) bond motifs is 1. The minimum Gasteiger partial charge on any atom is -0.359 e. The second-order valence-electron chi connectivity index (χ2n) is 5.47. The minimum atomic E-state index is -0.445. The van der Waals surface area contributed by atoms with E-state index in [-0.39, 0.29) is 17.2 Å². The lowest BCUT2D eigenvalue weighted by molar-refractivity contribution is -0.384. The SMILES string of the molecule is CCCCC(=O)NC.Cc1cc2cc([N+](=O)[O-])ccc2n(C)c1=O. The van der Waals surface area contributed by atoms with Crippen molar-refractivity contribution in [3.05, 3.63) is 50.3 Å². The molecule has 7 heteroatoms. The van der Waals surface area contributed by atoms with Crippen LogP contribution in [0.5, 0.6) is 0 Å². The van der Waals surface area contributed by atoms with Gasteiger partial charge in [0.2, 0.25) is 5.91 Å². The van der Waals surface area contributed by atoms with Crippen LogP contribution < -0.4 is 10.9 Å². The van der Waals surface area contributed by atoms with Crippen LogP contribution in [0.15, 0.2) is 29.1 Å². The molecule has 2 rings (SSSR count). The highest BCUT2D eigenvalue weighted by atomic mass is 16.6. The van der Waals surface area contributed by atoms with Crippen LogP contribution in [0, 0.1) is 17.0 Å². The van der Waals surface area contributed by atoms with Crippen molar-refractivity contribution < 1.29 is 9.72 Å². The van der Waals surface area contributed by atoms with E-state index in [1.807, 2.05) is 0 Å². The zero-order valence-corrected chi connectivity index (χ0v) is 14.5. The fraction of sp³-hybridized carbons (Fsp3) is 0.412. The van der Waals surface area contributed by atoms with Crippen LogP contribution in [0.2, 0.25) is 0 Å². The Morgan fingerprint density at radius 2 is 2.00 bits per heavy atom. The molecule has 0 saturated heterocycles. The normalized spacial score (nSPS) is 10.0. The van der Waals surface area contributed by atoms with Gasteiger partial charge < -0.3 is 9.88 Å². The first-order chi connectivity index (χ1) is 11.3. The molecule has 130 valence electrons. The van der Waals surface area contributed by atoms with Crippen LogP contribution in [0.1, 0.15) is 31.7 Å². The first-order valence-electron chi connectivity index (χ1n) is 7.77. The number of hydrogen-bond donors (Lipinski definition) is 1. The number of unbranched alkanes of at least 4 members (excludes halogenated alkanes) is 1. The maximum Gasteiger partial charge on any atom is 0.270 e. The highest BCUT2D eigenvalue weighted by molar-refractivity contribution is 5.82. The summed E-state index contributed by atoms with van der Waals surface area (Å²) in [6.07, 6.45) is 2.76. The van der Waals surface area contributed by atoms with Crippen molar-refractivity contribution in [2.45, 2.75) is 33.1 Å². The van der Waals surface area contributed by atoms with Gasteiger partial charge in [-0.15, -0.1) is 0 Å². The molecule has 1 N–H and O–H groups in total. The van der Waals surface area contributed by atoms with Crippen molar-refractivity contribution in [1.82, 2.24) is 9.88 Å². The highest BCUT2D eigenvalue weighted by Gasteiger charge is 2.09. The van der Waals surface area contributed by atoms with Gasteiger partial charge in [-0.1, -0.05) is 13.3 Å². The molecule has 0 saturated carbocycles. The van der Waals surface area contributed by atoms with E-state index in [0.29, 0.717) is 22.9 Å². The number of nitro groups is 1. The van der Waals surface area contributed by atoms with Crippen molar-refractivity contribution in [2.75, 3.05) is 7.05 Å². The van der Waals surface area contributed by atoms with Gasteiger partial charge in [-0.25, -0.2) is 0 Å². The summed E-state index contributed by atoms with van der Waals surface area (Å²) in [4.78, 5) is 32.3. The summed E-state index contributed by atoms with van der Waals surface area (Å²) in [5, 5.41) is 13.9. The van der Waals surface area contributed by atoms with Gasteiger partial charge in [0.05, 0.1) is 10.4 Å². The number of non-ortho nitro benzene ring substituents is 1. The Bertz CT molecular complexity index is 796. The molecule has 0 spiro atoms. The monoisotopic (exact) mass is 333 g/mol. The van der Waals surface area contributed by atoms with Crippen LogP contribution in [0.3, 0.4) is 0 Å². The average molecular weight is 333 g/mol. The number of pyridine rings is 1. The maximum atomic E-state index is 11.6. The fourth-order valence-corrected chi connectivity index (χ4v) is 2.21. The standard InChI is InChI=1S/C11H10N2O3.C6H13NO/c1-7-5-8-6-9(13(15)16)3-4-10(8)12(2)11(7)14;1-3-4-5-6(8)7-2/h3-6H,1-2H3;3-5H2,1-2H3,(H,7,8). The third-order valence-electron chi connectivity index (χ3n) is 3.63. The van der Waals surface area contributed by atoms with E-state index >= 15 is 0 Å². The third kappa shape index (κ3) is 4.91. The Hall–Kier alpha value is -2.70. The summed E-state index contributed by atoms with van der Waals surface area (Å²) >= 11 is 0. The van der Waals surface area contributed by atoms with Crippen LogP contribution in [-0.2, 0) is 11.8 Å². The first kappa shape index (κ1) is 19.3. The molecule has 0 fully saturated rings. The average Bonchev–Trinajstić information content (AvgIpc) is 2.57. The van der Waals surface area contributed by atoms with Crippen LogP contribution >= 0.6 is 0 Å². The predicted molar refractivity (Wildman–Crippen MR) is 94.2 cm³/mol. The summed E-state index contributed by atoms with van der Waals surface area (Å²) in [7, 11) is 3.32. The molecule has 0 unspecified atom stereocenters. The number of benzene rings is 1. The van der Waals surface area contributed by atoms with E-state index in [1.165, 1.54) is 16.7 Å². The van der Waals surface area contributed by atoms with Gasteiger partial charge in [-0.05, 0) is 25.5 Å². The summed E-state index contributed by atoms with van der Waals surface area (Å²) in [6, 6.07) is 6.14. The Morgan fingerprint density at radius 3 is 2.54 bits per heavy atom. The molecule has 0 aliphatic rings. The fourth-order valence-electron chi connectivity index (χ4n) is 2.21. The van der Waals surface area contributed by atoms with Gasteiger partial charge in [-0.3, -0.25) is 19.7 Å². The lowest BCUT2D eigenvalue weighted by atomic mass is 10.1. The molecule has 2 aromatic rings. The van der Waals surface area contributed by atoms with Gasteiger partial charge in [0.15, 0.2) is 0 Å². The van der Waals surface area contributed by atoms with Crippen molar-refractivity contribution in [2.24, 2.45) is 7.05 Å².